The number of rotatable bonds is 6. The zero-order valence-electron chi connectivity index (χ0n) is 14.7. The van der Waals surface area contributed by atoms with Gasteiger partial charge in [-0.25, -0.2) is 4.79 Å². The Balaban J connectivity index is 1.77. The van der Waals surface area contributed by atoms with Gasteiger partial charge >= 0.3 is 5.97 Å². The highest BCUT2D eigenvalue weighted by molar-refractivity contribution is 5.89. The minimum absolute atomic E-state index is 0.338. The summed E-state index contributed by atoms with van der Waals surface area (Å²) >= 11 is 0. The highest BCUT2D eigenvalue weighted by Crippen LogP contribution is 2.23. The zero-order chi connectivity index (χ0) is 17.6. The maximum atomic E-state index is 11.3. The zero-order valence-corrected chi connectivity index (χ0v) is 14.7. The van der Waals surface area contributed by atoms with Crippen molar-refractivity contribution in [3.63, 3.8) is 0 Å². The number of esters is 1. The summed E-state index contributed by atoms with van der Waals surface area (Å²) in [4.78, 5) is 11.3. The normalized spacial score (nSPS) is 11.3. The van der Waals surface area contributed by atoms with E-state index < -0.39 is 0 Å². The van der Waals surface area contributed by atoms with Gasteiger partial charge in [0, 0.05) is 29.7 Å². The fourth-order valence-electron chi connectivity index (χ4n) is 3.11. The van der Waals surface area contributed by atoms with Gasteiger partial charge in [-0.3, -0.25) is 0 Å². The minimum atomic E-state index is -0.338. The standard InChI is InChI=1S/C22H23NO2/c1-17-16-23(14-6-9-18-7-4-3-5-8-18)21-15-19(10-12-20(17)21)11-13-22(24)25-2/h3-5,7-8,10-13,15-16H,6,9,14H2,1-2H3/b13-11+. The number of aromatic nitrogens is 1. The van der Waals surface area contributed by atoms with Crippen molar-refractivity contribution in [2.75, 3.05) is 7.11 Å². The Hall–Kier alpha value is -2.81. The Labute approximate surface area is 148 Å². The molecule has 0 fully saturated rings. The van der Waals surface area contributed by atoms with Crippen LogP contribution in [0.3, 0.4) is 0 Å². The van der Waals surface area contributed by atoms with Crippen molar-refractivity contribution < 1.29 is 9.53 Å². The topological polar surface area (TPSA) is 31.2 Å². The first-order valence-electron chi connectivity index (χ1n) is 8.57. The number of hydrogen-bond acceptors (Lipinski definition) is 2. The molecule has 0 saturated carbocycles. The second kappa shape index (κ2) is 7.84. The average Bonchev–Trinajstić information content (AvgIpc) is 2.96. The van der Waals surface area contributed by atoms with E-state index in [-0.39, 0.29) is 5.97 Å². The lowest BCUT2D eigenvalue weighted by atomic mass is 10.1. The molecule has 0 aliphatic rings. The van der Waals surface area contributed by atoms with E-state index in [0.717, 1.165) is 24.9 Å². The van der Waals surface area contributed by atoms with E-state index in [1.165, 1.54) is 35.2 Å². The molecule has 0 aliphatic carbocycles. The molecular formula is C22H23NO2. The summed E-state index contributed by atoms with van der Waals surface area (Å²) in [5.74, 6) is -0.338. The van der Waals surface area contributed by atoms with Gasteiger partial charge in [-0.2, -0.15) is 0 Å². The van der Waals surface area contributed by atoms with Gasteiger partial charge in [0.15, 0.2) is 0 Å². The summed E-state index contributed by atoms with van der Waals surface area (Å²) in [6.45, 7) is 3.11. The number of benzene rings is 2. The van der Waals surface area contributed by atoms with Gasteiger partial charge < -0.3 is 9.30 Å². The van der Waals surface area contributed by atoms with Crippen LogP contribution in [0.1, 0.15) is 23.1 Å². The second-order valence-electron chi connectivity index (χ2n) is 6.23. The monoisotopic (exact) mass is 333 g/mol. The van der Waals surface area contributed by atoms with Crippen molar-refractivity contribution in [2.45, 2.75) is 26.3 Å². The third kappa shape index (κ3) is 4.18. The summed E-state index contributed by atoms with van der Waals surface area (Å²) < 4.78 is 6.96. The van der Waals surface area contributed by atoms with E-state index in [4.69, 9.17) is 0 Å². The van der Waals surface area contributed by atoms with Gasteiger partial charge in [0.1, 0.15) is 0 Å². The second-order valence-corrected chi connectivity index (χ2v) is 6.23. The Morgan fingerprint density at radius 3 is 2.72 bits per heavy atom. The van der Waals surface area contributed by atoms with Crippen LogP contribution < -0.4 is 0 Å². The molecule has 0 radical (unpaired) electrons. The molecule has 0 bridgehead atoms. The van der Waals surface area contributed by atoms with Crippen LogP contribution in [0.2, 0.25) is 0 Å². The molecule has 2 aromatic carbocycles. The number of hydrogen-bond donors (Lipinski definition) is 0. The van der Waals surface area contributed by atoms with Gasteiger partial charge in [0.2, 0.25) is 0 Å². The third-order valence-electron chi connectivity index (χ3n) is 4.43. The molecule has 3 heteroatoms. The average molecular weight is 333 g/mol. The van der Waals surface area contributed by atoms with Crippen LogP contribution in [-0.2, 0) is 22.5 Å². The minimum Gasteiger partial charge on any atom is -0.466 e. The molecule has 1 heterocycles. The van der Waals surface area contributed by atoms with E-state index in [1.807, 2.05) is 6.07 Å². The molecule has 0 saturated heterocycles. The molecule has 3 aromatic rings. The van der Waals surface area contributed by atoms with Gasteiger partial charge in [-0.05, 0) is 48.6 Å². The highest BCUT2D eigenvalue weighted by atomic mass is 16.5. The molecule has 0 unspecified atom stereocenters. The summed E-state index contributed by atoms with van der Waals surface area (Å²) in [5, 5.41) is 1.26. The summed E-state index contributed by atoms with van der Waals surface area (Å²) in [7, 11) is 1.39. The summed E-state index contributed by atoms with van der Waals surface area (Å²) in [6, 6.07) is 16.9. The molecular weight excluding hydrogens is 310 g/mol. The number of carbonyl (C=O) groups is 1. The van der Waals surface area contributed by atoms with Gasteiger partial charge in [-0.1, -0.05) is 42.5 Å². The van der Waals surface area contributed by atoms with E-state index in [0.29, 0.717) is 0 Å². The van der Waals surface area contributed by atoms with E-state index in [9.17, 15) is 4.79 Å². The number of nitrogens with zero attached hydrogens (tertiary/aromatic N) is 1. The smallest absolute Gasteiger partial charge is 0.330 e. The fourth-order valence-corrected chi connectivity index (χ4v) is 3.11. The van der Waals surface area contributed by atoms with Gasteiger partial charge in [0.05, 0.1) is 7.11 Å². The predicted octanol–water partition coefficient (Wildman–Crippen LogP) is 4.77. The van der Waals surface area contributed by atoms with Crippen LogP contribution in [0.15, 0.2) is 60.8 Å². The van der Waals surface area contributed by atoms with Crippen LogP contribution in [0.4, 0.5) is 0 Å². The van der Waals surface area contributed by atoms with E-state index in [1.54, 1.807) is 6.08 Å². The third-order valence-corrected chi connectivity index (χ3v) is 4.43. The first kappa shape index (κ1) is 17.0. The van der Waals surface area contributed by atoms with Crippen LogP contribution >= 0.6 is 0 Å². The molecule has 3 rings (SSSR count). The van der Waals surface area contributed by atoms with E-state index in [2.05, 4.69) is 64.9 Å². The van der Waals surface area contributed by atoms with Gasteiger partial charge in [-0.15, -0.1) is 0 Å². The van der Waals surface area contributed by atoms with Crippen molar-refractivity contribution in [1.29, 1.82) is 0 Å². The number of ether oxygens (including phenoxy) is 1. The number of carbonyl (C=O) groups excluding carboxylic acids is 1. The highest BCUT2D eigenvalue weighted by Gasteiger charge is 2.06. The Kier molecular flexibility index (Phi) is 5.34. The molecule has 1 aromatic heterocycles. The largest absolute Gasteiger partial charge is 0.466 e. The molecule has 0 N–H and O–H groups in total. The number of methoxy groups -OCH3 is 1. The molecule has 25 heavy (non-hydrogen) atoms. The van der Waals surface area contributed by atoms with Crippen molar-refractivity contribution in [3.8, 4) is 0 Å². The molecule has 128 valence electrons. The SMILES string of the molecule is COC(=O)/C=C/c1ccc2c(C)cn(CCCc3ccccc3)c2c1. The molecule has 0 amide bonds. The Bertz CT molecular complexity index is 891. The lowest BCUT2D eigenvalue weighted by molar-refractivity contribution is -0.134. The number of fused-ring (bicyclic) bond motifs is 1. The van der Waals surface area contributed by atoms with Crippen LogP contribution in [0.25, 0.3) is 17.0 Å². The van der Waals surface area contributed by atoms with Crippen molar-refractivity contribution in [3.05, 3.63) is 77.5 Å². The summed E-state index contributed by atoms with van der Waals surface area (Å²) in [5.41, 5.74) is 4.86. The first-order chi connectivity index (χ1) is 12.2. The quantitative estimate of drug-likeness (QED) is 0.481. The first-order valence-corrected chi connectivity index (χ1v) is 8.57. The van der Waals surface area contributed by atoms with Crippen LogP contribution in [0.5, 0.6) is 0 Å². The maximum Gasteiger partial charge on any atom is 0.330 e. The Morgan fingerprint density at radius 2 is 1.96 bits per heavy atom. The molecule has 0 aliphatic heterocycles. The molecule has 0 atom stereocenters. The van der Waals surface area contributed by atoms with Crippen LogP contribution in [0, 0.1) is 6.92 Å². The molecule has 0 spiro atoms. The van der Waals surface area contributed by atoms with Crippen molar-refractivity contribution in [2.24, 2.45) is 0 Å². The van der Waals surface area contributed by atoms with Gasteiger partial charge in [0.25, 0.3) is 0 Å². The van der Waals surface area contributed by atoms with Crippen molar-refractivity contribution >= 4 is 22.9 Å². The fraction of sp³-hybridized carbons (Fsp3) is 0.227. The molecule has 3 nitrogen and oxygen atoms in total. The maximum absolute atomic E-state index is 11.3. The summed E-state index contributed by atoms with van der Waals surface area (Å²) in [6.07, 6.45) is 7.62. The Morgan fingerprint density at radius 1 is 1.16 bits per heavy atom. The van der Waals surface area contributed by atoms with E-state index >= 15 is 0 Å². The van der Waals surface area contributed by atoms with Crippen molar-refractivity contribution in [1.82, 2.24) is 4.57 Å². The predicted molar refractivity (Wildman–Crippen MR) is 102 cm³/mol. The number of aryl methyl sites for hydroxylation is 3. The lowest BCUT2D eigenvalue weighted by Gasteiger charge is -2.06. The lowest BCUT2D eigenvalue weighted by Crippen LogP contribution is -1.98. The van der Waals surface area contributed by atoms with Crippen LogP contribution in [-0.4, -0.2) is 17.6 Å².